The average molecular weight is 375 g/mol. The molecule has 0 spiro atoms. The summed E-state index contributed by atoms with van der Waals surface area (Å²) >= 11 is 0. The summed E-state index contributed by atoms with van der Waals surface area (Å²) in [4.78, 5) is 14.1. The Labute approximate surface area is 157 Å². The van der Waals surface area contributed by atoms with Gasteiger partial charge in [0.15, 0.2) is 0 Å². The Balaban J connectivity index is 1.55. The Morgan fingerprint density at radius 3 is 2.63 bits per heavy atom. The van der Waals surface area contributed by atoms with Gasteiger partial charge in [0.05, 0.1) is 24.8 Å². The first kappa shape index (κ1) is 19.4. The van der Waals surface area contributed by atoms with Crippen molar-refractivity contribution in [1.82, 2.24) is 19.9 Å². The highest BCUT2D eigenvalue weighted by Gasteiger charge is 2.43. The molecule has 0 bridgehead atoms. The molecule has 0 saturated carbocycles. The smallest absolute Gasteiger partial charge is 0.227 e. The molecule has 1 aliphatic heterocycles. The molecule has 0 aliphatic carbocycles. The number of carbonyl (C=O) groups is 1. The van der Waals surface area contributed by atoms with Crippen LogP contribution in [0, 0.1) is 0 Å². The van der Waals surface area contributed by atoms with Gasteiger partial charge in [0.1, 0.15) is 18.3 Å². The molecule has 1 amide bonds. The number of hydrogen-bond acceptors (Lipinski definition) is 7. The highest BCUT2D eigenvalue weighted by molar-refractivity contribution is 5.91. The lowest BCUT2D eigenvalue weighted by atomic mass is 10.1. The van der Waals surface area contributed by atoms with Gasteiger partial charge in [-0.05, 0) is 26.2 Å². The van der Waals surface area contributed by atoms with E-state index in [-0.39, 0.29) is 18.9 Å². The third-order valence-electron chi connectivity index (χ3n) is 4.34. The van der Waals surface area contributed by atoms with Gasteiger partial charge < -0.3 is 25.2 Å². The van der Waals surface area contributed by atoms with E-state index in [1.165, 1.54) is 0 Å². The fourth-order valence-corrected chi connectivity index (χ4v) is 3.07. The summed E-state index contributed by atoms with van der Waals surface area (Å²) in [5.74, 6) is -0.285. The van der Waals surface area contributed by atoms with E-state index in [0.717, 1.165) is 5.69 Å². The van der Waals surface area contributed by atoms with Crippen LogP contribution in [-0.4, -0.2) is 74.5 Å². The molecule has 9 nitrogen and oxygen atoms in total. The SMILES string of the molecule is CN(C)Cc1cn(CC2OC(CC(=O)Nc3ccccc3)C(O)C2O)nn1. The van der Waals surface area contributed by atoms with Crippen LogP contribution in [0.25, 0.3) is 0 Å². The van der Waals surface area contributed by atoms with Gasteiger partial charge in [-0.2, -0.15) is 0 Å². The number of amides is 1. The van der Waals surface area contributed by atoms with Crippen molar-refractivity contribution in [3.8, 4) is 0 Å². The van der Waals surface area contributed by atoms with Gasteiger partial charge in [-0.3, -0.25) is 4.79 Å². The van der Waals surface area contributed by atoms with Crippen LogP contribution in [0.15, 0.2) is 36.5 Å². The second-order valence-electron chi connectivity index (χ2n) is 6.98. The predicted octanol–water partition coefficient (Wildman–Crippen LogP) is -0.142. The first-order valence-electron chi connectivity index (χ1n) is 8.82. The summed E-state index contributed by atoms with van der Waals surface area (Å²) < 4.78 is 7.30. The molecule has 4 unspecified atom stereocenters. The van der Waals surface area contributed by atoms with E-state index in [1.807, 2.05) is 37.2 Å². The van der Waals surface area contributed by atoms with E-state index < -0.39 is 24.4 Å². The van der Waals surface area contributed by atoms with Gasteiger partial charge >= 0.3 is 0 Å². The fourth-order valence-electron chi connectivity index (χ4n) is 3.07. The molecule has 1 aromatic carbocycles. The van der Waals surface area contributed by atoms with Gasteiger partial charge in [0, 0.05) is 18.4 Å². The highest BCUT2D eigenvalue weighted by atomic mass is 16.5. The number of ether oxygens (including phenoxy) is 1. The molecule has 27 heavy (non-hydrogen) atoms. The molecule has 1 aliphatic rings. The van der Waals surface area contributed by atoms with Crippen molar-refractivity contribution in [2.75, 3.05) is 19.4 Å². The van der Waals surface area contributed by atoms with Crippen LogP contribution in [-0.2, 0) is 22.6 Å². The van der Waals surface area contributed by atoms with Crippen LogP contribution in [0.5, 0.6) is 0 Å². The van der Waals surface area contributed by atoms with Gasteiger partial charge in [0.2, 0.25) is 5.91 Å². The molecule has 1 fully saturated rings. The van der Waals surface area contributed by atoms with Gasteiger partial charge in [-0.25, -0.2) is 4.68 Å². The Hall–Kier alpha value is -2.33. The standard InChI is InChI=1S/C18H25N5O4/c1-22(2)9-13-10-23(21-20-13)11-15-18(26)17(25)14(27-15)8-16(24)19-12-6-4-3-5-7-12/h3-7,10,14-15,17-18,25-26H,8-9,11H2,1-2H3,(H,19,24). The maximum atomic E-state index is 12.2. The molecule has 3 rings (SSSR count). The van der Waals surface area contributed by atoms with E-state index in [4.69, 9.17) is 4.74 Å². The number of para-hydroxylation sites is 1. The van der Waals surface area contributed by atoms with Crippen molar-refractivity contribution in [3.05, 3.63) is 42.2 Å². The maximum Gasteiger partial charge on any atom is 0.227 e. The molecule has 2 heterocycles. The largest absolute Gasteiger partial charge is 0.388 e. The lowest BCUT2D eigenvalue weighted by Gasteiger charge is -2.14. The lowest BCUT2D eigenvalue weighted by Crippen LogP contribution is -2.35. The average Bonchev–Trinajstić information content (AvgIpc) is 3.15. The molecular weight excluding hydrogens is 350 g/mol. The Bertz CT molecular complexity index is 751. The summed E-state index contributed by atoms with van der Waals surface area (Å²) in [7, 11) is 3.87. The summed E-state index contributed by atoms with van der Waals surface area (Å²) in [6.07, 6.45) is -1.95. The molecule has 0 radical (unpaired) electrons. The molecule has 146 valence electrons. The molecule has 2 aromatic rings. The number of aliphatic hydroxyl groups excluding tert-OH is 2. The lowest BCUT2D eigenvalue weighted by molar-refractivity contribution is -0.120. The van der Waals surface area contributed by atoms with Crippen LogP contribution in [0.3, 0.4) is 0 Å². The normalized spacial score (nSPS) is 25.1. The van der Waals surface area contributed by atoms with Crippen LogP contribution in [0.2, 0.25) is 0 Å². The monoisotopic (exact) mass is 375 g/mol. The summed E-state index contributed by atoms with van der Waals surface area (Å²) in [6, 6.07) is 9.04. The Morgan fingerprint density at radius 1 is 1.22 bits per heavy atom. The minimum absolute atomic E-state index is 0.0488. The van der Waals surface area contributed by atoms with E-state index >= 15 is 0 Å². The third kappa shape index (κ3) is 5.10. The van der Waals surface area contributed by atoms with E-state index in [0.29, 0.717) is 12.2 Å². The first-order valence-corrected chi connectivity index (χ1v) is 8.82. The van der Waals surface area contributed by atoms with Crippen molar-refractivity contribution in [2.24, 2.45) is 0 Å². The number of rotatable bonds is 7. The van der Waals surface area contributed by atoms with Crippen LogP contribution in [0.4, 0.5) is 5.69 Å². The molecule has 1 saturated heterocycles. The third-order valence-corrected chi connectivity index (χ3v) is 4.34. The van der Waals surface area contributed by atoms with Gasteiger partial charge in [-0.1, -0.05) is 23.4 Å². The summed E-state index contributed by atoms with van der Waals surface area (Å²) in [6.45, 7) is 0.897. The molecule has 4 atom stereocenters. The Kier molecular flexibility index (Phi) is 6.17. The molecule has 3 N–H and O–H groups in total. The molecule has 9 heteroatoms. The Morgan fingerprint density at radius 2 is 1.93 bits per heavy atom. The number of aromatic nitrogens is 3. The van der Waals surface area contributed by atoms with Crippen molar-refractivity contribution >= 4 is 11.6 Å². The first-order chi connectivity index (χ1) is 12.9. The van der Waals surface area contributed by atoms with Gasteiger partial charge in [-0.15, -0.1) is 5.10 Å². The topological polar surface area (TPSA) is 113 Å². The number of nitrogens with one attached hydrogen (secondary N) is 1. The number of aliphatic hydroxyl groups is 2. The van der Waals surface area contributed by atoms with Crippen LogP contribution < -0.4 is 5.32 Å². The van der Waals surface area contributed by atoms with Crippen molar-refractivity contribution in [3.63, 3.8) is 0 Å². The van der Waals surface area contributed by atoms with E-state index in [2.05, 4.69) is 15.6 Å². The van der Waals surface area contributed by atoms with Crippen LogP contribution >= 0.6 is 0 Å². The number of nitrogens with zero attached hydrogens (tertiary/aromatic N) is 4. The highest BCUT2D eigenvalue weighted by Crippen LogP contribution is 2.25. The van der Waals surface area contributed by atoms with Crippen molar-refractivity contribution < 1.29 is 19.7 Å². The van der Waals surface area contributed by atoms with Crippen LogP contribution in [0.1, 0.15) is 12.1 Å². The minimum Gasteiger partial charge on any atom is -0.388 e. The van der Waals surface area contributed by atoms with Crippen molar-refractivity contribution in [2.45, 2.75) is 43.9 Å². The quantitative estimate of drug-likeness (QED) is 0.617. The number of anilines is 1. The van der Waals surface area contributed by atoms with E-state index in [1.54, 1.807) is 23.0 Å². The second-order valence-corrected chi connectivity index (χ2v) is 6.98. The fraction of sp³-hybridized carbons (Fsp3) is 0.500. The number of carbonyl (C=O) groups excluding carboxylic acids is 1. The predicted molar refractivity (Wildman–Crippen MR) is 97.8 cm³/mol. The van der Waals surface area contributed by atoms with Crippen molar-refractivity contribution in [1.29, 1.82) is 0 Å². The maximum absolute atomic E-state index is 12.2. The zero-order chi connectivity index (χ0) is 19.4. The molecule has 1 aromatic heterocycles. The zero-order valence-electron chi connectivity index (χ0n) is 15.4. The number of hydrogen-bond donors (Lipinski definition) is 3. The van der Waals surface area contributed by atoms with E-state index in [9.17, 15) is 15.0 Å². The summed E-state index contributed by atoms with van der Waals surface area (Å²) in [5.41, 5.74) is 1.47. The molecular formula is C18H25N5O4. The number of benzene rings is 1. The summed E-state index contributed by atoms with van der Waals surface area (Å²) in [5, 5.41) is 31.3. The minimum atomic E-state index is -1.14. The second kappa shape index (κ2) is 8.57. The zero-order valence-corrected chi connectivity index (χ0v) is 15.4. The van der Waals surface area contributed by atoms with Gasteiger partial charge in [0.25, 0.3) is 0 Å².